The normalized spacial score (nSPS) is 10.5. The molecule has 2 N–H and O–H groups in total. The van der Waals surface area contributed by atoms with Gasteiger partial charge in [-0.05, 0) is 41.1 Å². The van der Waals surface area contributed by atoms with Crippen molar-refractivity contribution in [3.8, 4) is 0 Å². The van der Waals surface area contributed by atoms with Gasteiger partial charge in [-0.1, -0.05) is 0 Å². The van der Waals surface area contributed by atoms with Crippen molar-refractivity contribution in [1.29, 1.82) is 0 Å². The Morgan fingerprint density at radius 1 is 1.53 bits per heavy atom. The van der Waals surface area contributed by atoms with Gasteiger partial charge in [0.25, 0.3) is 5.91 Å². The maximum atomic E-state index is 12.3. The summed E-state index contributed by atoms with van der Waals surface area (Å²) < 4.78 is 0.744. The number of rotatable bonds is 3. The fourth-order valence-corrected chi connectivity index (χ4v) is 2.73. The van der Waals surface area contributed by atoms with Gasteiger partial charge in [0.2, 0.25) is 0 Å². The van der Waals surface area contributed by atoms with Crippen LogP contribution in [-0.2, 0) is 6.54 Å². The Balaban J connectivity index is 2.16. The quantitative estimate of drug-likeness (QED) is 0.874. The molecule has 19 heavy (non-hydrogen) atoms. The zero-order chi connectivity index (χ0) is 14.0. The first-order valence-corrected chi connectivity index (χ1v) is 7.36. The Kier molecular flexibility index (Phi) is 4.21. The highest BCUT2D eigenvalue weighted by Gasteiger charge is 2.16. The largest absolute Gasteiger partial charge is 0.399 e. The number of nitrogens with zero attached hydrogens (tertiary/aromatic N) is 2. The van der Waals surface area contributed by atoms with E-state index in [0.717, 1.165) is 15.2 Å². The van der Waals surface area contributed by atoms with E-state index in [-0.39, 0.29) is 5.91 Å². The molecule has 0 bridgehead atoms. The molecule has 6 heteroatoms. The van der Waals surface area contributed by atoms with Crippen molar-refractivity contribution in [3.05, 3.63) is 44.3 Å². The second-order valence-electron chi connectivity index (χ2n) is 4.26. The number of aryl methyl sites for hydroxylation is 1. The molecule has 0 spiro atoms. The smallest absolute Gasteiger partial charge is 0.255 e. The third-order valence-corrected chi connectivity index (χ3v) is 4.15. The number of carbonyl (C=O) groups is 1. The van der Waals surface area contributed by atoms with Crippen molar-refractivity contribution < 1.29 is 4.79 Å². The SMILES string of the molecule is Cc1nc(CN(C)C(=O)c2cc(N)ccc2Br)cs1. The van der Waals surface area contributed by atoms with Crippen LogP contribution in [0.2, 0.25) is 0 Å². The molecule has 0 saturated heterocycles. The van der Waals surface area contributed by atoms with Crippen molar-refractivity contribution in [3.63, 3.8) is 0 Å². The molecule has 0 fully saturated rings. The highest BCUT2D eigenvalue weighted by atomic mass is 79.9. The Hall–Kier alpha value is -1.40. The third-order valence-electron chi connectivity index (χ3n) is 2.63. The summed E-state index contributed by atoms with van der Waals surface area (Å²) in [6.45, 7) is 2.44. The molecule has 1 heterocycles. The fourth-order valence-electron chi connectivity index (χ4n) is 1.71. The fraction of sp³-hybridized carbons (Fsp3) is 0.231. The summed E-state index contributed by atoms with van der Waals surface area (Å²) in [6, 6.07) is 5.21. The number of thiazole rings is 1. The van der Waals surface area contributed by atoms with Gasteiger partial charge in [-0.3, -0.25) is 4.79 Å². The summed E-state index contributed by atoms with van der Waals surface area (Å²) in [5.41, 5.74) is 7.76. The van der Waals surface area contributed by atoms with Crippen LogP contribution in [0.25, 0.3) is 0 Å². The van der Waals surface area contributed by atoms with Gasteiger partial charge in [0, 0.05) is 22.6 Å². The van der Waals surface area contributed by atoms with Crippen LogP contribution in [0.15, 0.2) is 28.1 Å². The second-order valence-corrected chi connectivity index (χ2v) is 6.17. The number of benzene rings is 1. The van der Waals surface area contributed by atoms with E-state index in [1.165, 1.54) is 0 Å². The molecule has 0 aliphatic rings. The predicted octanol–water partition coefficient (Wildman–Crippen LogP) is 3.07. The topological polar surface area (TPSA) is 59.2 Å². The van der Waals surface area contributed by atoms with E-state index >= 15 is 0 Å². The van der Waals surface area contributed by atoms with Crippen molar-refractivity contribution in [2.75, 3.05) is 12.8 Å². The van der Waals surface area contributed by atoms with E-state index < -0.39 is 0 Å². The Bertz CT molecular complexity index is 612. The second kappa shape index (κ2) is 5.71. The molecule has 1 amide bonds. The van der Waals surface area contributed by atoms with Crippen LogP contribution < -0.4 is 5.73 Å². The number of hydrogen-bond acceptors (Lipinski definition) is 4. The number of hydrogen-bond donors (Lipinski definition) is 1. The van der Waals surface area contributed by atoms with Crippen molar-refractivity contribution in [2.24, 2.45) is 0 Å². The van der Waals surface area contributed by atoms with Crippen LogP contribution >= 0.6 is 27.3 Å². The Morgan fingerprint density at radius 3 is 2.89 bits per heavy atom. The highest BCUT2D eigenvalue weighted by Crippen LogP contribution is 2.21. The van der Waals surface area contributed by atoms with E-state index in [4.69, 9.17) is 5.73 Å². The van der Waals surface area contributed by atoms with Gasteiger partial charge >= 0.3 is 0 Å². The number of nitrogen functional groups attached to an aromatic ring is 1. The van der Waals surface area contributed by atoms with Gasteiger partial charge in [0.05, 0.1) is 22.8 Å². The van der Waals surface area contributed by atoms with Gasteiger partial charge < -0.3 is 10.6 Å². The van der Waals surface area contributed by atoms with Gasteiger partial charge in [-0.2, -0.15) is 0 Å². The van der Waals surface area contributed by atoms with Crippen LogP contribution in [-0.4, -0.2) is 22.8 Å². The molecule has 0 aliphatic carbocycles. The number of carbonyl (C=O) groups excluding carboxylic acids is 1. The number of amides is 1. The first kappa shape index (κ1) is 14.0. The molecule has 4 nitrogen and oxygen atoms in total. The maximum absolute atomic E-state index is 12.3. The van der Waals surface area contributed by atoms with E-state index in [2.05, 4.69) is 20.9 Å². The number of nitrogens with two attached hydrogens (primary N) is 1. The minimum atomic E-state index is -0.0789. The standard InChI is InChI=1S/C13H14BrN3OS/c1-8-16-10(7-19-8)6-17(2)13(18)11-5-9(15)3-4-12(11)14/h3-5,7H,6,15H2,1-2H3. The number of halogens is 1. The minimum Gasteiger partial charge on any atom is -0.399 e. The number of anilines is 1. The summed E-state index contributed by atoms with van der Waals surface area (Å²) in [7, 11) is 1.76. The average molecular weight is 340 g/mol. The molecule has 2 aromatic rings. The van der Waals surface area contributed by atoms with Gasteiger partial charge in [-0.25, -0.2) is 4.98 Å². The van der Waals surface area contributed by atoms with Crippen LogP contribution in [0, 0.1) is 6.92 Å². The van der Waals surface area contributed by atoms with Crippen molar-refractivity contribution in [1.82, 2.24) is 9.88 Å². The molecule has 0 atom stereocenters. The average Bonchev–Trinajstić information content (AvgIpc) is 2.77. The van der Waals surface area contributed by atoms with Crippen molar-refractivity contribution in [2.45, 2.75) is 13.5 Å². The zero-order valence-corrected chi connectivity index (χ0v) is 13.1. The first-order chi connectivity index (χ1) is 8.97. The summed E-state index contributed by atoms with van der Waals surface area (Å²) in [5, 5.41) is 2.97. The lowest BCUT2D eigenvalue weighted by molar-refractivity contribution is 0.0782. The lowest BCUT2D eigenvalue weighted by Crippen LogP contribution is -2.26. The van der Waals surface area contributed by atoms with Crippen LogP contribution in [0.5, 0.6) is 0 Å². The number of aromatic nitrogens is 1. The first-order valence-electron chi connectivity index (χ1n) is 5.69. The van der Waals surface area contributed by atoms with Crippen molar-refractivity contribution >= 4 is 38.9 Å². The van der Waals surface area contributed by atoms with Gasteiger partial charge in [0.1, 0.15) is 0 Å². The summed E-state index contributed by atoms with van der Waals surface area (Å²) in [6.07, 6.45) is 0. The van der Waals surface area contributed by atoms with Crippen LogP contribution in [0.4, 0.5) is 5.69 Å². The Morgan fingerprint density at radius 2 is 2.26 bits per heavy atom. The summed E-state index contributed by atoms with van der Waals surface area (Å²) in [4.78, 5) is 18.3. The monoisotopic (exact) mass is 339 g/mol. The molecule has 1 aromatic heterocycles. The lowest BCUT2D eigenvalue weighted by Gasteiger charge is -2.17. The van der Waals surface area contributed by atoms with Gasteiger partial charge in [-0.15, -0.1) is 11.3 Å². The molecular weight excluding hydrogens is 326 g/mol. The van der Waals surface area contributed by atoms with Gasteiger partial charge in [0.15, 0.2) is 0 Å². The minimum absolute atomic E-state index is 0.0789. The summed E-state index contributed by atoms with van der Waals surface area (Å²) in [5.74, 6) is -0.0789. The van der Waals surface area contributed by atoms with E-state index in [9.17, 15) is 4.79 Å². The third kappa shape index (κ3) is 3.33. The molecule has 0 radical (unpaired) electrons. The zero-order valence-electron chi connectivity index (χ0n) is 10.7. The van der Waals surface area contributed by atoms with Crippen LogP contribution in [0.1, 0.15) is 21.1 Å². The Labute approximate surface area is 124 Å². The van der Waals surface area contributed by atoms with E-state index in [1.807, 2.05) is 12.3 Å². The summed E-state index contributed by atoms with van der Waals surface area (Å²) >= 11 is 4.95. The molecule has 0 saturated carbocycles. The van der Waals surface area contributed by atoms with E-state index in [1.54, 1.807) is 41.5 Å². The molecule has 0 aliphatic heterocycles. The van der Waals surface area contributed by atoms with E-state index in [0.29, 0.717) is 17.8 Å². The molecule has 100 valence electrons. The highest BCUT2D eigenvalue weighted by molar-refractivity contribution is 9.10. The van der Waals surface area contributed by atoms with Crippen LogP contribution in [0.3, 0.4) is 0 Å². The lowest BCUT2D eigenvalue weighted by atomic mass is 10.2. The molecule has 0 unspecified atom stereocenters. The molecule has 2 rings (SSSR count). The maximum Gasteiger partial charge on any atom is 0.255 e. The predicted molar refractivity (Wildman–Crippen MR) is 81.2 cm³/mol. The molecule has 1 aromatic carbocycles. The molecular formula is C13H14BrN3OS.